The molecule has 144 valence electrons. The maximum absolute atomic E-state index is 14.1. The summed E-state index contributed by atoms with van der Waals surface area (Å²) >= 11 is 0. The number of hydrogen-bond acceptors (Lipinski definition) is 3. The largest absolute Gasteiger partial charge is 0.389 e. The number of fused-ring (bicyclic) bond motifs is 2. The predicted octanol–water partition coefficient (Wildman–Crippen LogP) is 3.44. The van der Waals surface area contributed by atoms with Crippen molar-refractivity contribution in [2.45, 2.75) is 43.5 Å². The molecule has 2 aliphatic heterocycles. The van der Waals surface area contributed by atoms with Crippen LogP contribution in [0.3, 0.4) is 0 Å². The first-order valence-electron chi connectivity index (χ1n) is 9.17. The molecule has 2 bridgehead atoms. The van der Waals surface area contributed by atoms with Gasteiger partial charge in [0, 0.05) is 25.0 Å². The van der Waals surface area contributed by atoms with Gasteiger partial charge < -0.3 is 9.84 Å². The van der Waals surface area contributed by atoms with Crippen LogP contribution in [0.5, 0.6) is 0 Å². The minimum absolute atomic E-state index is 0.00365. The van der Waals surface area contributed by atoms with Crippen LogP contribution in [0.15, 0.2) is 42.5 Å². The van der Waals surface area contributed by atoms with Crippen molar-refractivity contribution in [3.8, 4) is 0 Å². The highest BCUT2D eigenvalue weighted by Crippen LogP contribution is 2.38. The summed E-state index contributed by atoms with van der Waals surface area (Å²) < 4.78 is 46.5. The normalized spacial score (nSPS) is 28.3. The Bertz CT molecular complexity index is 801. The van der Waals surface area contributed by atoms with Gasteiger partial charge in [-0.05, 0) is 30.0 Å². The highest BCUT2D eigenvalue weighted by atomic mass is 19.2. The van der Waals surface area contributed by atoms with E-state index in [1.807, 2.05) is 18.2 Å². The lowest BCUT2D eigenvalue weighted by atomic mass is 9.77. The smallest absolute Gasteiger partial charge is 0.194 e. The van der Waals surface area contributed by atoms with Crippen molar-refractivity contribution in [1.82, 2.24) is 4.90 Å². The molecule has 0 aromatic heterocycles. The van der Waals surface area contributed by atoms with E-state index >= 15 is 0 Å². The number of piperidine rings is 1. The van der Waals surface area contributed by atoms with Crippen molar-refractivity contribution in [2.75, 3.05) is 13.2 Å². The highest BCUT2D eigenvalue weighted by Gasteiger charge is 2.46. The third-order valence-corrected chi connectivity index (χ3v) is 5.63. The molecule has 4 rings (SSSR count). The summed E-state index contributed by atoms with van der Waals surface area (Å²) in [6.07, 6.45) is 0.756. The molecule has 0 radical (unpaired) electrons. The van der Waals surface area contributed by atoms with E-state index in [1.54, 1.807) is 0 Å². The average Bonchev–Trinajstić information content (AvgIpc) is 2.64. The van der Waals surface area contributed by atoms with Crippen molar-refractivity contribution >= 4 is 0 Å². The Morgan fingerprint density at radius 3 is 2.30 bits per heavy atom. The summed E-state index contributed by atoms with van der Waals surface area (Å²) in [5.74, 6) is -3.91. The minimum Gasteiger partial charge on any atom is -0.389 e. The molecule has 2 fully saturated rings. The zero-order chi connectivity index (χ0) is 19.0. The zero-order valence-corrected chi connectivity index (χ0v) is 14.9. The van der Waals surface area contributed by atoms with E-state index in [9.17, 15) is 18.3 Å². The summed E-state index contributed by atoms with van der Waals surface area (Å²) in [4.78, 5) is 2.33. The standard InChI is InChI=1S/C21H22F3NO2/c22-18-7-6-15(19(23)20(18)24)8-21(26)9-16-12-27-13-17(10-21)25(16)11-14-4-2-1-3-5-14/h1-7,16-17,26H,8-13H2. The molecule has 2 atom stereocenters. The van der Waals surface area contributed by atoms with Gasteiger partial charge in [0.1, 0.15) is 0 Å². The van der Waals surface area contributed by atoms with E-state index in [4.69, 9.17) is 4.74 Å². The fourth-order valence-corrected chi connectivity index (χ4v) is 4.40. The highest BCUT2D eigenvalue weighted by molar-refractivity contribution is 5.23. The molecule has 6 heteroatoms. The molecule has 2 aliphatic rings. The van der Waals surface area contributed by atoms with Gasteiger partial charge in [0.05, 0.1) is 18.8 Å². The van der Waals surface area contributed by atoms with Crippen LogP contribution in [0.1, 0.15) is 24.0 Å². The quantitative estimate of drug-likeness (QED) is 0.829. The molecule has 27 heavy (non-hydrogen) atoms. The first kappa shape index (κ1) is 18.5. The molecule has 2 unspecified atom stereocenters. The van der Waals surface area contributed by atoms with Gasteiger partial charge in [-0.25, -0.2) is 13.2 Å². The van der Waals surface area contributed by atoms with Gasteiger partial charge in [0.25, 0.3) is 0 Å². The fourth-order valence-electron chi connectivity index (χ4n) is 4.40. The van der Waals surface area contributed by atoms with Crippen LogP contribution in [-0.2, 0) is 17.7 Å². The lowest BCUT2D eigenvalue weighted by Gasteiger charge is -2.51. The molecule has 0 amide bonds. The summed E-state index contributed by atoms with van der Waals surface area (Å²) in [6.45, 7) is 1.74. The van der Waals surface area contributed by atoms with Crippen LogP contribution in [0.25, 0.3) is 0 Å². The number of ether oxygens (including phenoxy) is 1. The lowest BCUT2D eigenvalue weighted by Crippen LogP contribution is -2.61. The fraction of sp³-hybridized carbons (Fsp3) is 0.429. The van der Waals surface area contributed by atoms with Gasteiger partial charge in [-0.15, -0.1) is 0 Å². The van der Waals surface area contributed by atoms with Crippen LogP contribution in [-0.4, -0.2) is 40.9 Å². The Morgan fingerprint density at radius 1 is 0.963 bits per heavy atom. The SMILES string of the molecule is OC1(Cc2ccc(F)c(F)c2F)CC2COCC(C1)N2Cc1ccccc1. The number of benzene rings is 2. The minimum atomic E-state index is -1.49. The van der Waals surface area contributed by atoms with Crippen molar-refractivity contribution in [2.24, 2.45) is 0 Å². The first-order chi connectivity index (χ1) is 13.0. The van der Waals surface area contributed by atoms with Crippen LogP contribution < -0.4 is 0 Å². The maximum atomic E-state index is 14.1. The van der Waals surface area contributed by atoms with Crippen molar-refractivity contribution < 1.29 is 23.0 Å². The molecule has 2 aromatic carbocycles. The van der Waals surface area contributed by atoms with Crippen LogP contribution in [0.2, 0.25) is 0 Å². The van der Waals surface area contributed by atoms with E-state index in [2.05, 4.69) is 17.0 Å². The second kappa shape index (κ2) is 7.26. The van der Waals surface area contributed by atoms with Gasteiger partial charge in [-0.3, -0.25) is 4.90 Å². The average molecular weight is 377 g/mol. The van der Waals surface area contributed by atoms with E-state index < -0.39 is 23.1 Å². The topological polar surface area (TPSA) is 32.7 Å². The Balaban J connectivity index is 1.53. The Hall–Kier alpha value is -1.89. The van der Waals surface area contributed by atoms with E-state index in [0.29, 0.717) is 26.1 Å². The number of hydrogen-bond donors (Lipinski definition) is 1. The molecular formula is C21H22F3NO2. The number of nitrogens with zero attached hydrogens (tertiary/aromatic N) is 1. The number of morpholine rings is 1. The van der Waals surface area contributed by atoms with Crippen molar-refractivity contribution in [1.29, 1.82) is 0 Å². The summed E-state index contributed by atoms with van der Waals surface area (Å²) in [5, 5.41) is 11.1. The molecule has 3 nitrogen and oxygen atoms in total. The Labute approximate surface area is 156 Å². The van der Waals surface area contributed by atoms with Gasteiger partial charge in [0.15, 0.2) is 17.5 Å². The molecule has 0 saturated carbocycles. The monoisotopic (exact) mass is 377 g/mol. The van der Waals surface area contributed by atoms with Gasteiger partial charge in [-0.2, -0.15) is 0 Å². The van der Waals surface area contributed by atoms with Gasteiger partial charge >= 0.3 is 0 Å². The van der Waals surface area contributed by atoms with Gasteiger partial charge in [0.2, 0.25) is 0 Å². The third-order valence-electron chi connectivity index (χ3n) is 5.63. The molecule has 2 aromatic rings. The predicted molar refractivity (Wildman–Crippen MR) is 94.6 cm³/mol. The molecule has 0 spiro atoms. The zero-order valence-electron chi connectivity index (χ0n) is 14.9. The molecule has 0 aliphatic carbocycles. The number of aliphatic hydroxyl groups is 1. The summed E-state index contributed by atoms with van der Waals surface area (Å²) in [5.41, 5.74) is 0.0237. The number of halogens is 3. The van der Waals surface area contributed by atoms with E-state index in [1.165, 1.54) is 11.6 Å². The molecule has 2 heterocycles. The lowest BCUT2D eigenvalue weighted by molar-refractivity contribution is -0.145. The second-order valence-electron chi connectivity index (χ2n) is 7.65. The molecule has 1 N–H and O–H groups in total. The van der Waals surface area contributed by atoms with Crippen molar-refractivity contribution in [3.63, 3.8) is 0 Å². The summed E-state index contributed by atoms with van der Waals surface area (Å²) in [7, 11) is 0. The van der Waals surface area contributed by atoms with Crippen molar-refractivity contribution in [3.05, 3.63) is 71.0 Å². The Morgan fingerprint density at radius 2 is 1.63 bits per heavy atom. The summed E-state index contributed by atoms with van der Waals surface area (Å²) in [6, 6.07) is 12.2. The maximum Gasteiger partial charge on any atom is 0.194 e. The van der Waals surface area contributed by atoms with E-state index in [0.717, 1.165) is 12.6 Å². The second-order valence-corrected chi connectivity index (χ2v) is 7.65. The van der Waals surface area contributed by atoms with E-state index in [-0.39, 0.29) is 24.1 Å². The third kappa shape index (κ3) is 3.74. The number of rotatable bonds is 4. The van der Waals surface area contributed by atoms with Crippen LogP contribution in [0, 0.1) is 17.5 Å². The van der Waals surface area contributed by atoms with Crippen LogP contribution in [0.4, 0.5) is 13.2 Å². The first-order valence-corrected chi connectivity index (χ1v) is 9.17. The molecule has 2 saturated heterocycles. The Kier molecular flexibility index (Phi) is 4.97. The molecular weight excluding hydrogens is 355 g/mol. The van der Waals surface area contributed by atoms with Crippen LogP contribution >= 0.6 is 0 Å². The van der Waals surface area contributed by atoms with Gasteiger partial charge in [-0.1, -0.05) is 36.4 Å².